The van der Waals surface area contributed by atoms with Crippen LogP contribution in [-0.2, 0) is 14.3 Å². The van der Waals surface area contributed by atoms with Crippen LogP contribution in [0.1, 0.15) is 11.7 Å². The van der Waals surface area contributed by atoms with Crippen molar-refractivity contribution < 1.29 is 19.4 Å². The van der Waals surface area contributed by atoms with Crippen LogP contribution in [0, 0.1) is 0 Å². The van der Waals surface area contributed by atoms with Crippen LogP contribution in [-0.4, -0.2) is 54.7 Å². The second-order valence-electron chi connectivity index (χ2n) is 4.82. The second-order valence-corrected chi connectivity index (χ2v) is 5.74. The van der Waals surface area contributed by atoms with E-state index in [0.29, 0.717) is 19.7 Å². The number of halogens is 2. The molecule has 0 aromatic heterocycles. The topological polar surface area (TPSA) is 78.9 Å². The third-order valence-electron chi connectivity index (χ3n) is 3.18. The van der Waals surface area contributed by atoms with E-state index < -0.39 is 5.97 Å². The van der Waals surface area contributed by atoms with Gasteiger partial charge in [-0.05, 0) is 17.7 Å². The first kappa shape index (κ1) is 18.9. The van der Waals surface area contributed by atoms with Gasteiger partial charge in [0.05, 0.1) is 19.3 Å². The first-order chi connectivity index (χ1) is 10.0. The van der Waals surface area contributed by atoms with Gasteiger partial charge in [0.2, 0.25) is 5.91 Å². The molecule has 0 aliphatic carbocycles. The van der Waals surface area contributed by atoms with Crippen molar-refractivity contribution in [3.05, 3.63) is 34.3 Å². The van der Waals surface area contributed by atoms with E-state index in [9.17, 15) is 9.59 Å². The first-order valence-electron chi connectivity index (χ1n) is 6.62. The van der Waals surface area contributed by atoms with Crippen LogP contribution in [0.2, 0.25) is 0 Å². The molecule has 122 valence electrons. The molecular formula is C14H18BrClN2O4. The van der Waals surface area contributed by atoms with Gasteiger partial charge in [0.25, 0.3) is 0 Å². The van der Waals surface area contributed by atoms with Crippen LogP contribution < -0.4 is 5.32 Å². The average Bonchev–Trinajstić information content (AvgIpc) is 2.45. The third kappa shape index (κ3) is 5.92. The number of hydrogen-bond acceptors (Lipinski definition) is 4. The predicted molar refractivity (Wildman–Crippen MR) is 87.2 cm³/mol. The molecule has 0 bridgehead atoms. The van der Waals surface area contributed by atoms with Crippen molar-refractivity contribution in [2.75, 3.05) is 32.8 Å². The predicted octanol–water partition coefficient (Wildman–Crippen LogP) is 1.44. The molecular weight excluding hydrogens is 376 g/mol. The molecule has 1 unspecified atom stereocenters. The Balaban J connectivity index is 0.00000242. The van der Waals surface area contributed by atoms with Crippen LogP contribution >= 0.6 is 28.3 Å². The Kier molecular flexibility index (Phi) is 7.81. The van der Waals surface area contributed by atoms with Crippen LogP contribution in [0.15, 0.2) is 28.7 Å². The molecule has 1 aliphatic heterocycles. The number of carboxylic acids is 1. The minimum atomic E-state index is -1.04. The maximum atomic E-state index is 11.6. The fourth-order valence-corrected chi connectivity index (χ4v) is 2.60. The van der Waals surface area contributed by atoms with E-state index in [1.54, 1.807) is 0 Å². The fraction of sp³-hybridized carbons (Fsp3) is 0.429. The standard InChI is InChI=1S/C14H17BrN2O4.ClH/c15-11-3-1-2-10(6-11)12-8-17(4-5-21-12)9-13(18)16-7-14(19)20;/h1-3,6,12H,4-5,7-9H2,(H,16,18)(H,19,20);1H. The van der Waals surface area contributed by atoms with Crippen LogP contribution in [0.25, 0.3) is 0 Å². The van der Waals surface area contributed by atoms with Gasteiger partial charge in [0, 0.05) is 17.6 Å². The summed E-state index contributed by atoms with van der Waals surface area (Å²) < 4.78 is 6.73. The van der Waals surface area contributed by atoms with E-state index in [-0.39, 0.29) is 37.5 Å². The van der Waals surface area contributed by atoms with E-state index in [0.717, 1.165) is 10.0 Å². The van der Waals surface area contributed by atoms with E-state index >= 15 is 0 Å². The number of nitrogens with one attached hydrogen (secondary N) is 1. The van der Waals surface area contributed by atoms with Crippen LogP contribution in [0.3, 0.4) is 0 Å². The Bertz CT molecular complexity index is 529. The summed E-state index contributed by atoms with van der Waals surface area (Å²) in [7, 11) is 0. The quantitative estimate of drug-likeness (QED) is 0.791. The van der Waals surface area contributed by atoms with Crippen molar-refractivity contribution >= 4 is 40.2 Å². The molecule has 8 heteroatoms. The molecule has 1 heterocycles. The van der Waals surface area contributed by atoms with Gasteiger partial charge in [0.1, 0.15) is 6.54 Å². The molecule has 1 aromatic carbocycles. The molecule has 0 spiro atoms. The van der Waals surface area contributed by atoms with Gasteiger partial charge >= 0.3 is 5.97 Å². The number of aliphatic carboxylic acids is 1. The van der Waals surface area contributed by atoms with Crippen LogP contribution in [0.5, 0.6) is 0 Å². The smallest absolute Gasteiger partial charge is 0.322 e. The van der Waals surface area contributed by atoms with E-state index in [4.69, 9.17) is 9.84 Å². The minimum absolute atomic E-state index is 0. The summed E-state index contributed by atoms with van der Waals surface area (Å²) in [6.45, 7) is 1.64. The summed E-state index contributed by atoms with van der Waals surface area (Å²) in [6.07, 6.45) is -0.0801. The normalized spacial score (nSPS) is 18.3. The second kappa shape index (κ2) is 9.09. The van der Waals surface area contributed by atoms with E-state index in [1.165, 1.54) is 0 Å². The lowest BCUT2D eigenvalue weighted by Gasteiger charge is -2.32. The van der Waals surface area contributed by atoms with Gasteiger partial charge in [0.15, 0.2) is 0 Å². The zero-order chi connectivity index (χ0) is 15.2. The number of carbonyl (C=O) groups excluding carboxylic acids is 1. The van der Waals surface area contributed by atoms with Crippen molar-refractivity contribution in [2.45, 2.75) is 6.10 Å². The zero-order valence-corrected chi connectivity index (χ0v) is 14.2. The number of carbonyl (C=O) groups is 2. The van der Waals surface area contributed by atoms with Gasteiger partial charge in [-0.15, -0.1) is 12.4 Å². The van der Waals surface area contributed by atoms with Crippen molar-refractivity contribution in [1.29, 1.82) is 0 Å². The van der Waals surface area contributed by atoms with E-state index in [2.05, 4.69) is 21.2 Å². The molecule has 1 aliphatic rings. The Morgan fingerprint density at radius 2 is 2.23 bits per heavy atom. The summed E-state index contributed by atoms with van der Waals surface area (Å²) in [4.78, 5) is 24.0. The fourth-order valence-electron chi connectivity index (χ4n) is 2.19. The number of carboxylic acid groups (broad SMARTS) is 1. The summed E-state index contributed by atoms with van der Waals surface area (Å²) in [5, 5.41) is 10.9. The Morgan fingerprint density at radius 3 is 2.91 bits per heavy atom. The Hall–Kier alpha value is -1.15. The average molecular weight is 394 g/mol. The number of morpholine rings is 1. The summed E-state index contributed by atoms with van der Waals surface area (Å²) >= 11 is 3.43. The Morgan fingerprint density at radius 1 is 1.45 bits per heavy atom. The molecule has 1 saturated heterocycles. The van der Waals surface area contributed by atoms with Gasteiger partial charge < -0.3 is 15.2 Å². The van der Waals surface area contributed by atoms with Crippen molar-refractivity contribution in [2.24, 2.45) is 0 Å². The van der Waals surface area contributed by atoms with Gasteiger partial charge in [-0.3, -0.25) is 14.5 Å². The molecule has 1 fully saturated rings. The lowest BCUT2D eigenvalue weighted by molar-refractivity contribution is -0.138. The number of amides is 1. The largest absolute Gasteiger partial charge is 0.480 e. The Labute approximate surface area is 143 Å². The number of rotatable bonds is 5. The summed E-state index contributed by atoms with van der Waals surface area (Å²) in [6, 6.07) is 7.88. The lowest BCUT2D eigenvalue weighted by Crippen LogP contribution is -2.45. The zero-order valence-electron chi connectivity index (χ0n) is 11.8. The summed E-state index contributed by atoms with van der Waals surface area (Å²) in [5.74, 6) is -1.33. The molecule has 1 aromatic rings. The number of benzene rings is 1. The highest BCUT2D eigenvalue weighted by Gasteiger charge is 2.23. The summed E-state index contributed by atoms with van der Waals surface area (Å²) in [5.41, 5.74) is 1.06. The molecule has 6 nitrogen and oxygen atoms in total. The molecule has 0 saturated carbocycles. The molecule has 2 rings (SSSR count). The molecule has 1 amide bonds. The maximum absolute atomic E-state index is 11.6. The molecule has 0 radical (unpaired) electrons. The van der Waals surface area contributed by atoms with Crippen molar-refractivity contribution in [1.82, 2.24) is 10.2 Å². The highest BCUT2D eigenvalue weighted by Crippen LogP contribution is 2.24. The molecule has 22 heavy (non-hydrogen) atoms. The highest BCUT2D eigenvalue weighted by atomic mass is 79.9. The molecule has 2 N–H and O–H groups in total. The SMILES string of the molecule is Cl.O=C(O)CNC(=O)CN1CCOC(c2cccc(Br)c2)C1. The maximum Gasteiger partial charge on any atom is 0.322 e. The minimum Gasteiger partial charge on any atom is -0.480 e. The van der Waals surface area contributed by atoms with E-state index in [1.807, 2.05) is 29.2 Å². The van der Waals surface area contributed by atoms with Gasteiger partial charge in [-0.2, -0.15) is 0 Å². The lowest BCUT2D eigenvalue weighted by atomic mass is 10.1. The molecule has 1 atom stereocenters. The van der Waals surface area contributed by atoms with Gasteiger partial charge in [-0.25, -0.2) is 0 Å². The number of ether oxygens (including phenoxy) is 1. The van der Waals surface area contributed by atoms with Crippen LogP contribution in [0.4, 0.5) is 0 Å². The highest BCUT2D eigenvalue weighted by molar-refractivity contribution is 9.10. The number of nitrogens with zero attached hydrogens (tertiary/aromatic N) is 1. The van der Waals surface area contributed by atoms with Crippen molar-refractivity contribution in [3.8, 4) is 0 Å². The third-order valence-corrected chi connectivity index (χ3v) is 3.67. The first-order valence-corrected chi connectivity index (χ1v) is 7.42. The monoisotopic (exact) mass is 392 g/mol. The van der Waals surface area contributed by atoms with Crippen molar-refractivity contribution in [3.63, 3.8) is 0 Å². The number of hydrogen-bond donors (Lipinski definition) is 2. The van der Waals surface area contributed by atoms with Gasteiger partial charge in [-0.1, -0.05) is 28.1 Å².